The highest BCUT2D eigenvalue weighted by Gasteiger charge is 2.15. The van der Waals surface area contributed by atoms with Gasteiger partial charge in [0.05, 0.1) is 0 Å². The summed E-state index contributed by atoms with van der Waals surface area (Å²) in [4.78, 5) is 19.3. The molecule has 2 aromatic heterocycles. The maximum atomic E-state index is 12.0. The van der Waals surface area contributed by atoms with Crippen LogP contribution in [0.4, 0.5) is 10.9 Å². The van der Waals surface area contributed by atoms with Crippen molar-refractivity contribution >= 4 is 28.2 Å². The van der Waals surface area contributed by atoms with Crippen LogP contribution < -0.4 is 10.2 Å². The van der Waals surface area contributed by atoms with E-state index in [1.807, 2.05) is 13.0 Å². The summed E-state index contributed by atoms with van der Waals surface area (Å²) in [5, 5.41) is 11.4. The van der Waals surface area contributed by atoms with E-state index in [2.05, 4.69) is 25.4 Å². The van der Waals surface area contributed by atoms with Crippen LogP contribution in [0.25, 0.3) is 0 Å². The van der Waals surface area contributed by atoms with Crippen molar-refractivity contribution in [1.29, 1.82) is 0 Å². The molecule has 1 aliphatic rings. The molecule has 3 rings (SSSR count). The molecule has 6 nitrogen and oxygen atoms in total. The standard InChI is InChI=1S/C13H15N5OS/c1-9-8-14-13(20-9)15-12(19)10-4-5-11(17-16-10)18-6-2-3-7-18/h4-5,8H,2-3,6-7H2,1H3,(H,14,15,19). The van der Waals surface area contributed by atoms with Crippen molar-refractivity contribution in [2.45, 2.75) is 19.8 Å². The Labute approximate surface area is 120 Å². The monoisotopic (exact) mass is 289 g/mol. The second-order valence-electron chi connectivity index (χ2n) is 4.70. The zero-order valence-electron chi connectivity index (χ0n) is 11.2. The van der Waals surface area contributed by atoms with Gasteiger partial charge in [-0.25, -0.2) is 4.98 Å². The summed E-state index contributed by atoms with van der Waals surface area (Å²) in [5.74, 6) is 0.559. The SMILES string of the molecule is Cc1cnc(NC(=O)c2ccc(N3CCCC3)nn2)s1. The minimum Gasteiger partial charge on any atom is -0.355 e. The van der Waals surface area contributed by atoms with Gasteiger partial charge in [0.2, 0.25) is 0 Å². The molecular formula is C13H15N5OS. The van der Waals surface area contributed by atoms with Gasteiger partial charge in [0.15, 0.2) is 16.6 Å². The fourth-order valence-electron chi connectivity index (χ4n) is 2.13. The predicted octanol–water partition coefficient (Wildman–Crippen LogP) is 2.09. The van der Waals surface area contributed by atoms with Crippen molar-refractivity contribution < 1.29 is 4.79 Å². The van der Waals surface area contributed by atoms with E-state index in [0.717, 1.165) is 23.8 Å². The van der Waals surface area contributed by atoms with E-state index in [1.54, 1.807) is 12.3 Å². The summed E-state index contributed by atoms with van der Waals surface area (Å²) >= 11 is 1.43. The van der Waals surface area contributed by atoms with Crippen molar-refractivity contribution in [1.82, 2.24) is 15.2 Å². The van der Waals surface area contributed by atoms with Gasteiger partial charge in [-0.2, -0.15) is 0 Å². The Hall–Kier alpha value is -2.02. The Bertz CT molecular complexity index is 603. The van der Waals surface area contributed by atoms with Gasteiger partial charge < -0.3 is 4.90 Å². The Balaban J connectivity index is 1.68. The van der Waals surface area contributed by atoms with E-state index in [-0.39, 0.29) is 5.91 Å². The fraction of sp³-hybridized carbons (Fsp3) is 0.385. The molecule has 0 unspecified atom stereocenters. The van der Waals surface area contributed by atoms with Crippen molar-refractivity contribution in [3.05, 3.63) is 28.9 Å². The smallest absolute Gasteiger partial charge is 0.277 e. The minimum absolute atomic E-state index is 0.278. The van der Waals surface area contributed by atoms with E-state index >= 15 is 0 Å². The quantitative estimate of drug-likeness (QED) is 0.937. The lowest BCUT2D eigenvalue weighted by molar-refractivity contribution is 0.102. The number of thiazole rings is 1. The summed E-state index contributed by atoms with van der Waals surface area (Å²) in [6, 6.07) is 3.55. The highest BCUT2D eigenvalue weighted by atomic mass is 32.1. The van der Waals surface area contributed by atoms with Gasteiger partial charge in [-0.3, -0.25) is 10.1 Å². The third kappa shape index (κ3) is 2.77. The van der Waals surface area contributed by atoms with Gasteiger partial charge in [-0.05, 0) is 31.9 Å². The van der Waals surface area contributed by atoms with Crippen molar-refractivity contribution in [2.24, 2.45) is 0 Å². The lowest BCUT2D eigenvalue weighted by atomic mass is 10.3. The normalized spacial score (nSPS) is 14.6. The number of hydrogen-bond acceptors (Lipinski definition) is 6. The molecule has 20 heavy (non-hydrogen) atoms. The lowest BCUT2D eigenvalue weighted by Crippen LogP contribution is -2.20. The third-order valence-electron chi connectivity index (χ3n) is 3.15. The van der Waals surface area contributed by atoms with Crippen LogP contribution in [0.5, 0.6) is 0 Å². The molecule has 1 N–H and O–H groups in total. The number of nitrogens with zero attached hydrogens (tertiary/aromatic N) is 4. The van der Waals surface area contributed by atoms with E-state index in [9.17, 15) is 4.79 Å². The Morgan fingerprint density at radius 3 is 2.70 bits per heavy atom. The first-order valence-corrected chi connectivity index (χ1v) is 7.36. The molecule has 104 valence electrons. The second-order valence-corrected chi connectivity index (χ2v) is 5.94. The summed E-state index contributed by atoms with van der Waals surface area (Å²) < 4.78 is 0. The Morgan fingerprint density at radius 1 is 1.30 bits per heavy atom. The fourth-order valence-corrected chi connectivity index (χ4v) is 2.79. The van der Waals surface area contributed by atoms with Crippen LogP contribution in [0.1, 0.15) is 28.2 Å². The molecular weight excluding hydrogens is 274 g/mol. The first kappa shape index (κ1) is 13.0. The zero-order chi connectivity index (χ0) is 13.9. The number of carbonyl (C=O) groups excluding carboxylic acids is 1. The average Bonchev–Trinajstić information content (AvgIpc) is 3.11. The van der Waals surface area contributed by atoms with Crippen LogP contribution in [-0.2, 0) is 0 Å². The first-order valence-electron chi connectivity index (χ1n) is 6.55. The topological polar surface area (TPSA) is 71.0 Å². The van der Waals surface area contributed by atoms with Gasteiger partial charge in [-0.15, -0.1) is 21.5 Å². The number of amides is 1. The molecule has 0 bridgehead atoms. The molecule has 0 aromatic carbocycles. The molecule has 7 heteroatoms. The summed E-state index contributed by atoms with van der Waals surface area (Å²) in [6.07, 6.45) is 4.10. The molecule has 0 radical (unpaired) electrons. The molecule has 0 saturated carbocycles. The van der Waals surface area contributed by atoms with Gasteiger partial charge in [0.25, 0.3) is 5.91 Å². The summed E-state index contributed by atoms with van der Waals surface area (Å²) in [5.41, 5.74) is 0.306. The third-order valence-corrected chi connectivity index (χ3v) is 3.98. The zero-order valence-corrected chi connectivity index (χ0v) is 12.0. The van der Waals surface area contributed by atoms with Gasteiger partial charge in [0, 0.05) is 24.2 Å². The molecule has 0 atom stereocenters. The van der Waals surface area contributed by atoms with Crippen LogP contribution in [0.2, 0.25) is 0 Å². The summed E-state index contributed by atoms with van der Waals surface area (Å²) in [6.45, 7) is 3.97. The number of carbonyl (C=O) groups is 1. The highest BCUT2D eigenvalue weighted by Crippen LogP contribution is 2.18. The maximum Gasteiger partial charge on any atom is 0.277 e. The Morgan fingerprint density at radius 2 is 2.10 bits per heavy atom. The minimum atomic E-state index is -0.278. The van der Waals surface area contributed by atoms with E-state index in [0.29, 0.717) is 10.8 Å². The molecule has 0 aliphatic carbocycles. The number of anilines is 2. The molecule has 3 heterocycles. The van der Waals surface area contributed by atoms with Crippen molar-refractivity contribution in [3.8, 4) is 0 Å². The number of hydrogen-bond donors (Lipinski definition) is 1. The van der Waals surface area contributed by atoms with E-state index in [4.69, 9.17) is 0 Å². The first-order chi connectivity index (χ1) is 9.72. The van der Waals surface area contributed by atoms with Crippen LogP contribution in [0.3, 0.4) is 0 Å². The highest BCUT2D eigenvalue weighted by molar-refractivity contribution is 7.15. The molecule has 2 aromatic rings. The van der Waals surface area contributed by atoms with E-state index in [1.165, 1.54) is 24.2 Å². The Kier molecular flexibility index (Phi) is 3.60. The van der Waals surface area contributed by atoms with Crippen LogP contribution >= 0.6 is 11.3 Å². The molecule has 1 fully saturated rings. The molecule has 1 saturated heterocycles. The predicted molar refractivity (Wildman–Crippen MR) is 78.3 cm³/mol. The largest absolute Gasteiger partial charge is 0.355 e. The van der Waals surface area contributed by atoms with Gasteiger partial charge >= 0.3 is 0 Å². The van der Waals surface area contributed by atoms with Crippen molar-refractivity contribution in [2.75, 3.05) is 23.3 Å². The molecule has 1 amide bonds. The van der Waals surface area contributed by atoms with E-state index < -0.39 is 0 Å². The summed E-state index contributed by atoms with van der Waals surface area (Å²) in [7, 11) is 0. The number of aryl methyl sites for hydroxylation is 1. The molecule has 0 spiro atoms. The van der Waals surface area contributed by atoms with Gasteiger partial charge in [0.1, 0.15) is 0 Å². The number of nitrogens with one attached hydrogen (secondary N) is 1. The average molecular weight is 289 g/mol. The van der Waals surface area contributed by atoms with Crippen molar-refractivity contribution in [3.63, 3.8) is 0 Å². The van der Waals surface area contributed by atoms with Crippen LogP contribution in [0, 0.1) is 6.92 Å². The second kappa shape index (κ2) is 5.54. The van der Waals surface area contributed by atoms with Gasteiger partial charge in [-0.1, -0.05) is 0 Å². The molecule has 1 aliphatic heterocycles. The lowest BCUT2D eigenvalue weighted by Gasteiger charge is -2.14. The maximum absolute atomic E-state index is 12.0. The van der Waals surface area contributed by atoms with Crippen LogP contribution in [-0.4, -0.2) is 34.2 Å². The number of aromatic nitrogens is 3. The number of rotatable bonds is 3. The van der Waals surface area contributed by atoms with Crippen LogP contribution in [0.15, 0.2) is 18.3 Å².